The van der Waals surface area contributed by atoms with Crippen LogP contribution in [-0.4, -0.2) is 39.6 Å². The lowest BCUT2D eigenvalue weighted by Gasteiger charge is -2.35. The summed E-state index contributed by atoms with van der Waals surface area (Å²) >= 11 is 1.46. The normalized spacial score (nSPS) is 19.7. The van der Waals surface area contributed by atoms with Crippen LogP contribution in [0.25, 0.3) is 0 Å². The number of nitrogens with zero attached hydrogens (tertiary/aromatic N) is 2. The van der Waals surface area contributed by atoms with Crippen molar-refractivity contribution < 1.29 is 14.7 Å². The Bertz CT molecular complexity index is 487. The Hall–Kier alpha value is -1.63. The van der Waals surface area contributed by atoms with E-state index in [0.29, 0.717) is 13.0 Å². The maximum absolute atomic E-state index is 12.4. The van der Waals surface area contributed by atoms with Crippen LogP contribution in [0.5, 0.6) is 0 Å². The zero-order valence-electron chi connectivity index (χ0n) is 11.6. The summed E-state index contributed by atoms with van der Waals surface area (Å²) < 4.78 is 0. The number of amides is 2. The van der Waals surface area contributed by atoms with Crippen LogP contribution in [0.2, 0.25) is 0 Å². The van der Waals surface area contributed by atoms with Gasteiger partial charge in [0.1, 0.15) is 11.0 Å². The van der Waals surface area contributed by atoms with E-state index in [9.17, 15) is 14.7 Å². The van der Waals surface area contributed by atoms with E-state index in [1.807, 2.05) is 19.2 Å². The van der Waals surface area contributed by atoms with Crippen molar-refractivity contribution in [2.75, 3.05) is 6.54 Å². The minimum atomic E-state index is -0.938. The Labute approximate surface area is 121 Å². The molecule has 2 heterocycles. The highest BCUT2D eigenvalue weighted by atomic mass is 32.1. The van der Waals surface area contributed by atoms with Crippen molar-refractivity contribution in [1.29, 1.82) is 0 Å². The summed E-state index contributed by atoms with van der Waals surface area (Å²) in [6.45, 7) is 4.21. The quantitative estimate of drug-likeness (QED) is 0.894. The molecule has 1 aliphatic heterocycles. The highest BCUT2D eigenvalue weighted by Gasteiger charge is 2.35. The van der Waals surface area contributed by atoms with E-state index in [0.717, 1.165) is 17.8 Å². The van der Waals surface area contributed by atoms with E-state index in [4.69, 9.17) is 0 Å². The molecule has 1 fully saturated rings. The molecular weight excluding hydrogens is 278 g/mol. The van der Waals surface area contributed by atoms with Crippen molar-refractivity contribution in [2.45, 2.75) is 44.7 Å². The predicted octanol–water partition coefficient (Wildman–Crippen LogP) is 2.03. The molecule has 0 bridgehead atoms. The standard InChI is InChI=1S/C13H19N3O3S/c1-13(2,11-14-6-8-20-11)15-12(19)16-7-4-3-5-9(16)10(17)18/h6,8-9H,3-5,7H2,1-2H3,(H,15,19)(H,17,18). The molecule has 2 amide bonds. The summed E-state index contributed by atoms with van der Waals surface area (Å²) in [5.41, 5.74) is -0.605. The maximum atomic E-state index is 12.4. The largest absolute Gasteiger partial charge is 0.480 e. The second-order valence-corrected chi connectivity index (χ2v) is 6.33. The molecule has 0 radical (unpaired) electrons. The average molecular weight is 297 g/mol. The molecule has 0 saturated carbocycles. The van der Waals surface area contributed by atoms with Gasteiger partial charge in [0.15, 0.2) is 0 Å². The molecule has 1 saturated heterocycles. The first-order valence-corrected chi connectivity index (χ1v) is 7.51. The molecule has 1 unspecified atom stereocenters. The number of carboxylic acid groups (broad SMARTS) is 1. The lowest BCUT2D eigenvalue weighted by molar-refractivity contribution is -0.143. The number of aromatic nitrogens is 1. The third kappa shape index (κ3) is 3.09. The van der Waals surface area contributed by atoms with Gasteiger partial charge < -0.3 is 15.3 Å². The molecule has 0 spiro atoms. The van der Waals surface area contributed by atoms with Gasteiger partial charge in [-0.05, 0) is 33.1 Å². The minimum absolute atomic E-state index is 0.336. The summed E-state index contributed by atoms with van der Waals surface area (Å²) in [4.78, 5) is 29.2. The zero-order valence-corrected chi connectivity index (χ0v) is 12.4. The van der Waals surface area contributed by atoms with Crippen molar-refractivity contribution >= 4 is 23.3 Å². The number of hydrogen-bond acceptors (Lipinski definition) is 4. The second kappa shape index (κ2) is 5.78. The van der Waals surface area contributed by atoms with Crippen LogP contribution in [-0.2, 0) is 10.3 Å². The lowest BCUT2D eigenvalue weighted by Crippen LogP contribution is -2.55. The number of carboxylic acids is 1. The van der Waals surface area contributed by atoms with Crippen LogP contribution in [0.4, 0.5) is 4.79 Å². The van der Waals surface area contributed by atoms with Crippen molar-refractivity contribution in [3.8, 4) is 0 Å². The minimum Gasteiger partial charge on any atom is -0.480 e. The van der Waals surface area contributed by atoms with E-state index in [-0.39, 0.29) is 6.03 Å². The first-order valence-electron chi connectivity index (χ1n) is 6.63. The summed E-state index contributed by atoms with van der Waals surface area (Å²) in [6, 6.07) is -1.06. The number of carbonyl (C=O) groups is 2. The molecule has 2 rings (SSSR count). The van der Waals surface area contributed by atoms with E-state index in [1.165, 1.54) is 16.2 Å². The molecular formula is C13H19N3O3S. The average Bonchev–Trinajstić information content (AvgIpc) is 2.92. The predicted molar refractivity (Wildman–Crippen MR) is 75.7 cm³/mol. The Morgan fingerprint density at radius 2 is 2.25 bits per heavy atom. The van der Waals surface area contributed by atoms with Crippen LogP contribution >= 0.6 is 11.3 Å². The number of urea groups is 1. The number of hydrogen-bond donors (Lipinski definition) is 2. The van der Waals surface area contributed by atoms with Gasteiger partial charge in [-0.25, -0.2) is 14.6 Å². The number of likely N-dealkylation sites (tertiary alicyclic amines) is 1. The Kier molecular flexibility index (Phi) is 4.27. The molecule has 1 atom stereocenters. The number of rotatable bonds is 3. The fourth-order valence-corrected chi connectivity index (χ4v) is 3.07. The monoisotopic (exact) mass is 297 g/mol. The van der Waals surface area contributed by atoms with Gasteiger partial charge >= 0.3 is 12.0 Å². The Morgan fingerprint density at radius 3 is 2.85 bits per heavy atom. The lowest BCUT2D eigenvalue weighted by atomic mass is 10.0. The molecule has 6 nitrogen and oxygen atoms in total. The molecule has 1 aliphatic rings. The van der Waals surface area contributed by atoms with Crippen molar-refractivity contribution in [2.24, 2.45) is 0 Å². The van der Waals surface area contributed by atoms with Crippen LogP contribution in [0.1, 0.15) is 38.1 Å². The van der Waals surface area contributed by atoms with E-state index in [1.54, 1.807) is 6.20 Å². The summed E-state index contributed by atoms with van der Waals surface area (Å²) in [7, 11) is 0. The van der Waals surface area contributed by atoms with Crippen LogP contribution in [0.3, 0.4) is 0 Å². The number of carbonyl (C=O) groups excluding carboxylic acids is 1. The van der Waals surface area contributed by atoms with Gasteiger partial charge in [-0.1, -0.05) is 0 Å². The van der Waals surface area contributed by atoms with E-state index >= 15 is 0 Å². The summed E-state index contributed by atoms with van der Waals surface area (Å²) in [5.74, 6) is -0.938. The van der Waals surface area contributed by atoms with Gasteiger partial charge in [0.25, 0.3) is 0 Å². The summed E-state index contributed by atoms with van der Waals surface area (Å²) in [5, 5.41) is 14.7. The number of aliphatic carboxylic acids is 1. The molecule has 1 aromatic rings. The molecule has 1 aromatic heterocycles. The third-order valence-electron chi connectivity index (χ3n) is 3.44. The fraction of sp³-hybridized carbons (Fsp3) is 0.615. The highest BCUT2D eigenvalue weighted by molar-refractivity contribution is 7.09. The van der Waals surface area contributed by atoms with E-state index in [2.05, 4.69) is 10.3 Å². The SMILES string of the molecule is CC(C)(NC(=O)N1CCCCC1C(=O)O)c1nccs1. The molecule has 7 heteroatoms. The van der Waals surface area contributed by atoms with Gasteiger partial charge in [-0.15, -0.1) is 11.3 Å². The highest BCUT2D eigenvalue weighted by Crippen LogP contribution is 2.24. The Balaban J connectivity index is 2.08. The second-order valence-electron chi connectivity index (χ2n) is 5.44. The van der Waals surface area contributed by atoms with Crippen LogP contribution < -0.4 is 5.32 Å². The Morgan fingerprint density at radius 1 is 1.50 bits per heavy atom. The third-order valence-corrected chi connectivity index (χ3v) is 4.53. The van der Waals surface area contributed by atoms with Crippen LogP contribution in [0, 0.1) is 0 Å². The first-order chi connectivity index (χ1) is 9.42. The zero-order chi connectivity index (χ0) is 14.8. The van der Waals surface area contributed by atoms with Gasteiger partial charge in [0.2, 0.25) is 0 Å². The van der Waals surface area contributed by atoms with Crippen molar-refractivity contribution in [3.63, 3.8) is 0 Å². The number of thiazole rings is 1. The van der Waals surface area contributed by atoms with Gasteiger partial charge in [0.05, 0.1) is 5.54 Å². The molecule has 20 heavy (non-hydrogen) atoms. The van der Waals surface area contributed by atoms with E-state index < -0.39 is 17.6 Å². The fourth-order valence-electron chi connectivity index (χ4n) is 2.36. The number of nitrogens with one attached hydrogen (secondary N) is 1. The van der Waals surface area contributed by atoms with Crippen molar-refractivity contribution in [1.82, 2.24) is 15.2 Å². The molecule has 0 aromatic carbocycles. The molecule has 110 valence electrons. The molecule has 2 N–H and O–H groups in total. The molecule has 0 aliphatic carbocycles. The summed E-state index contributed by atoms with van der Waals surface area (Å²) in [6.07, 6.45) is 3.89. The van der Waals surface area contributed by atoms with Gasteiger partial charge in [0, 0.05) is 18.1 Å². The smallest absolute Gasteiger partial charge is 0.326 e. The van der Waals surface area contributed by atoms with Crippen molar-refractivity contribution in [3.05, 3.63) is 16.6 Å². The topological polar surface area (TPSA) is 82.5 Å². The first kappa shape index (κ1) is 14.8. The number of piperidine rings is 1. The van der Waals surface area contributed by atoms with Gasteiger partial charge in [-0.3, -0.25) is 0 Å². The van der Waals surface area contributed by atoms with Gasteiger partial charge in [-0.2, -0.15) is 0 Å². The van der Waals surface area contributed by atoms with Crippen LogP contribution in [0.15, 0.2) is 11.6 Å². The maximum Gasteiger partial charge on any atom is 0.326 e.